The molecule has 0 spiro atoms. The fraction of sp³-hybridized carbons (Fsp3) is 0.545. The Balaban J connectivity index is 1.91. The topological polar surface area (TPSA) is 82.5 Å². The summed E-state index contributed by atoms with van der Waals surface area (Å²) in [5, 5.41) is 12.3. The van der Waals surface area contributed by atoms with Crippen LogP contribution in [0.5, 0.6) is 0 Å². The van der Waals surface area contributed by atoms with Crippen molar-refractivity contribution < 1.29 is 14.7 Å². The zero-order chi connectivity index (χ0) is 13.3. The van der Waals surface area contributed by atoms with Crippen molar-refractivity contribution in [1.29, 1.82) is 0 Å². The number of amides is 2. The van der Waals surface area contributed by atoms with Crippen LogP contribution in [-0.4, -0.2) is 40.1 Å². The van der Waals surface area contributed by atoms with Gasteiger partial charge in [0.2, 0.25) is 0 Å². The maximum atomic E-state index is 11.7. The summed E-state index contributed by atoms with van der Waals surface area (Å²) in [5.41, 5.74) is 0.493. The number of aromatic nitrogens is 1. The summed E-state index contributed by atoms with van der Waals surface area (Å²) in [7, 11) is 1.77. The maximum Gasteiger partial charge on any atom is 0.347 e. The minimum Gasteiger partial charge on any atom is -0.477 e. The zero-order valence-corrected chi connectivity index (χ0v) is 11.1. The van der Waals surface area contributed by atoms with E-state index in [1.807, 2.05) is 0 Å². The monoisotopic (exact) mass is 269 g/mol. The van der Waals surface area contributed by atoms with Crippen LogP contribution in [0.4, 0.5) is 4.79 Å². The van der Waals surface area contributed by atoms with E-state index in [-0.39, 0.29) is 17.5 Å². The van der Waals surface area contributed by atoms with E-state index in [4.69, 9.17) is 5.11 Å². The Morgan fingerprint density at radius 1 is 1.56 bits per heavy atom. The Labute approximate surface area is 109 Å². The number of carboxylic acid groups (broad SMARTS) is 1. The van der Waals surface area contributed by atoms with E-state index < -0.39 is 5.97 Å². The first-order valence-corrected chi connectivity index (χ1v) is 6.51. The Hall–Kier alpha value is -1.63. The number of aryl methyl sites for hydroxylation is 1. The van der Waals surface area contributed by atoms with E-state index >= 15 is 0 Å². The number of carbonyl (C=O) groups excluding carboxylic acids is 1. The van der Waals surface area contributed by atoms with Gasteiger partial charge in [-0.15, -0.1) is 11.3 Å². The summed E-state index contributed by atoms with van der Waals surface area (Å²) in [6.07, 6.45) is 2.12. The molecule has 2 N–H and O–H groups in total. The molecule has 6 nitrogen and oxygen atoms in total. The molecule has 7 heteroatoms. The van der Waals surface area contributed by atoms with Crippen LogP contribution in [0.25, 0.3) is 0 Å². The molecule has 1 aliphatic carbocycles. The quantitative estimate of drug-likeness (QED) is 0.866. The molecule has 0 atom stereocenters. The van der Waals surface area contributed by atoms with Gasteiger partial charge in [0.25, 0.3) is 0 Å². The SMILES string of the molecule is Cc1nc(CNC(=O)N(C)C2CC2)sc1C(=O)O. The molecule has 1 aromatic heterocycles. The van der Waals surface area contributed by atoms with E-state index in [1.54, 1.807) is 18.9 Å². The average molecular weight is 269 g/mol. The van der Waals surface area contributed by atoms with Crippen molar-refractivity contribution in [3.8, 4) is 0 Å². The Morgan fingerprint density at radius 3 is 2.72 bits per heavy atom. The lowest BCUT2D eigenvalue weighted by Crippen LogP contribution is -2.38. The number of carboxylic acids is 1. The van der Waals surface area contributed by atoms with Gasteiger partial charge in [0.15, 0.2) is 0 Å². The van der Waals surface area contributed by atoms with Gasteiger partial charge in [0.05, 0.1) is 12.2 Å². The van der Waals surface area contributed by atoms with Crippen molar-refractivity contribution in [2.45, 2.75) is 32.4 Å². The number of thiazole rings is 1. The summed E-state index contributed by atoms with van der Waals surface area (Å²) in [4.78, 5) is 28.6. The van der Waals surface area contributed by atoms with Gasteiger partial charge in [-0.05, 0) is 19.8 Å². The standard InChI is InChI=1S/C11H15N3O3S/c1-6-9(10(15)16)18-8(13-6)5-12-11(17)14(2)7-3-4-7/h7H,3-5H2,1-2H3,(H,12,17)(H,15,16). The Bertz CT molecular complexity index is 482. The number of urea groups is 1. The highest BCUT2D eigenvalue weighted by Gasteiger charge is 2.29. The Kier molecular flexibility index (Phi) is 3.51. The van der Waals surface area contributed by atoms with Crippen LogP contribution >= 0.6 is 11.3 Å². The van der Waals surface area contributed by atoms with E-state index in [0.29, 0.717) is 16.7 Å². The van der Waals surface area contributed by atoms with Gasteiger partial charge in [-0.25, -0.2) is 14.6 Å². The van der Waals surface area contributed by atoms with Crippen molar-refractivity contribution in [2.24, 2.45) is 0 Å². The lowest BCUT2D eigenvalue weighted by atomic mass is 10.4. The van der Waals surface area contributed by atoms with Crippen LogP contribution in [-0.2, 0) is 6.54 Å². The van der Waals surface area contributed by atoms with E-state index in [0.717, 1.165) is 24.2 Å². The highest BCUT2D eigenvalue weighted by atomic mass is 32.1. The fourth-order valence-electron chi connectivity index (χ4n) is 1.63. The molecule has 0 saturated heterocycles. The molecule has 2 amide bonds. The second-order valence-electron chi connectivity index (χ2n) is 4.33. The van der Waals surface area contributed by atoms with Gasteiger partial charge in [-0.1, -0.05) is 0 Å². The van der Waals surface area contributed by atoms with Gasteiger partial charge < -0.3 is 15.3 Å². The number of carbonyl (C=O) groups is 2. The third kappa shape index (κ3) is 2.79. The maximum absolute atomic E-state index is 11.7. The molecular formula is C11H15N3O3S. The molecule has 1 aliphatic rings. The predicted molar refractivity (Wildman–Crippen MR) is 66.8 cm³/mol. The first-order chi connectivity index (χ1) is 8.49. The minimum absolute atomic E-state index is 0.137. The number of hydrogen-bond acceptors (Lipinski definition) is 4. The highest BCUT2D eigenvalue weighted by Crippen LogP contribution is 2.25. The lowest BCUT2D eigenvalue weighted by molar-refractivity contribution is 0.0701. The molecule has 0 aromatic carbocycles. The molecule has 0 radical (unpaired) electrons. The molecule has 0 bridgehead atoms. The zero-order valence-electron chi connectivity index (χ0n) is 10.3. The van der Waals surface area contributed by atoms with E-state index in [9.17, 15) is 9.59 Å². The first-order valence-electron chi connectivity index (χ1n) is 5.69. The van der Waals surface area contributed by atoms with Gasteiger partial charge in [0.1, 0.15) is 9.88 Å². The summed E-state index contributed by atoms with van der Waals surface area (Å²) in [5.74, 6) is -0.974. The predicted octanol–water partition coefficient (Wildman–Crippen LogP) is 1.45. The molecule has 1 fully saturated rings. The summed E-state index contributed by atoms with van der Waals surface area (Å²) in [6.45, 7) is 1.93. The third-order valence-corrected chi connectivity index (χ3v) is 3.99. The van der Waals surface area contributed by atoms with Crippen molar-refractivity contribution in [3.63, 3.8) is 0 Å². The number of aromatic carboxylic acids is 1. The Morgan fingerprint density at radius 2 is 2.22 bits per heavy atom. The van der Waals surface area contributed by atoms with Crippen LogP contribution in [0.1, 0.15) is 33.2 Å². The molecule has 18 heavy (non-hydrogen) atoms. The van der Waals surface area contributed by atoms with Gasteiger partial charge in [0, 0.05) is 13.1 Å². The summed E-state index contributed by atoms with van der Waals surface area (Å²) in [6, 6.07) is 0.222. The lowest BCUT2D eigenvalue weighted by Gasteiger charge is -2.16. The van der Waals surface area contributed by atoms with Crippen LogP contribution in [0.3, 0.4) is 0 Å². The molecule has 0 unspecified atom stereocenters. The molecular weight excluding hydrogens is 254 g/mol. The van der Waals surface area contributed by atoms with Crippen LogP contribution < -0.4 is 5.32 Å². The summed E-state index contributed by atoms with van der Waals surface area (Å²) >= 11 is 1.10. The normalized spacial score (nSPS) is 14.3. The van der Waals surface area contributed by atoms with Crippen LogP contribution in [0.15, 0.2) is 0 Å². The number of nitrogens with zero attached hydrogens (tertiary/aromatic N) is 2. The van der Waals surface area contributed by atoms with Gasteiger partial charge in [-0.2, -0.15) is 0 Å². The van der Waals surface area contributed by atoms with Crippen molar-refractivity contribution in [3.05, 3.63) is 15.6 Å². The average Bonchev–Trinajstić information content (AvgIpc) is 3.09. The van der Waals surface area contributed by atoms with Crippen LogP contribution in [0, 0.1) is 6.92 Å². The van der Waals surface area contributed by atoms with Gasteiger partial charge >= 0.3 is 12.0 Å². The first kappa shape index (κ1) is 12.8. The number of hydrogen-bond donors (Lipinski definition) is 2. The summed E-state index contributed by atoms with van der Waals surface area (Å²) < 4.78 is 0. The molecule has 1 saturated carbocycles. The molecule has 0 aliphatic heterocycles. The molecule has 98 valence electrons. The molecule has 1 heterocycles. The third-order valence-electron chi connectivity index (χ3n) is 2.84. The smallest absolute Gasteiger partial charge is 0.347 e. The van der Waals surface area contributed by atoms with E-state index in [2.05, 4.69) is 10.3 Å². The highest BCUT2D eigenvalue weighted by molar-refractivity contribution is 7.13. The largest absolute Gasteiger partial charge is 0.477 e. The molecule has 1 aromatic rings. The molecule has 2 rings (SSSR count). The number of rotatable bonds is 4. The van der Waals surface area contributed by atoms with E-state index in [1.165, 1.54) is 0 Å². The van der Waals surface area contributed by atoms with Crippen molar-refractivity contribution in [2.75, 3.05) is 7.05 Å². The minimum atomic E-state index is -0.974. The number of nitrogens with one attached hydrogen (secondary N) is 1. The van der Waals surface area contributed by atoms with Crippen molar-refractivity contribution >= 4 is 23.3 Å². The van der Waals surface area contributed by atoms with Gasteiger partial charge in [-0.3, -0.25) is 0 Å². The van der Waals surface area contributed by atoms with Crippen molar-refractivity contribution in [1.82, 2.24) is 15.2 Å². The fourth-order valence-corrected chi connectivity index (χ4v) is 2.47. The second kappa shape index (κ2) is 4.93. The van der Waals surface area contributed by atoms with Crippen LogP contribution in [0.2, 0.25) is 0 Å². The second-order valence-corrected chi connectivity index (χ2v) is 5.41.